The summed E-state index contributed by atoms with van der Waals surface area (Å²) in [4.78, 5) is 12.0. The highest BCUT2D eigenvalue weighted by atomic mass is 19.4. The molecule has 0 saturated heterocycles. The van der Waals surface area contributed by atoms with Crippen LogP contribution in [-0.4, -0.2) is 20.7 Å². The number of rotatable bonds is 4. The van der Waals surface area contributed by atoms with Crippen LogP contribution in [0.2, 0.25) is 0 Å². The van der Waals surface area contributed by atoms with E-state index in [0.717, 1.165) is 12.1 Å². The monoisotopic (exact) mass is 338 g/mol. The van der Waals surface area contributed by atoms with Crippen molar-refractivity contribution >= 4 is 11.5 Å². The number of aromatic nitrogens is 3. The number of hydrogen-bond acceptors (Lipinski definition) is 3. The third kappa shape index (κ3) is 4.21. The zero-order valence-corrected chi connectivity index (χ0v) is 13.4. The Bertz CT molecular complexity index is 747. The lowest BCUT2D eigenvalue weighted by Crippen LogP contribution is -2.26. The van der Waals surface area contributed by atoms with Gasteiger partial charge in [0, 0.05) is 13.1 Å². The number of carbonyl (C=O) groups is 1. The van der Waals surface area contributed by atoms with E-state index >= 15 is 0 Å². The van der Waals surface area contributed by atoms with Gasteiger partial charge in [0.2, 0.25) is 5.91 Å². The lowest BCUT2D eigenvalue weighted by atomic mass is 10.0. The molecule has 1 heterocycles. The Morgan fingerprint density at radius 1 is 1.29 bits per heavy atom. The van der Waals surface area contributed by atoms with E-state index in [9.17, 15) is 18.0 Å². The molecule has 1 aromatic heterocycles. The fourth-order valence-corrected chi connectivity index (χ4v) is 2.21. The average Bonchev–Trinajstić information content (AvgIpc) is 2.92. The summed E-state index contributed by atoms with van der Waals surface area (Å²) >= 11 is 0. The first-order valence-corrected chi connectivity index (χ1v) is 7.19. The molecule has 24 heavy (non-hydrogen) atoms. The van der Waals surface area contributed by atoms with Crippen molar-refractivity contribution in [2.24, 2.45) is 7.05 Å². The van der Waals surface area contributed by atoms with Gasteiger partial charge >= 0.3 is 6.18 Å². The van der Waals surface area contributed by atoms with Crippen molar-refractivity contribution in [2.45, 2.75) is 26.1 Å². The maximum Gasteiger partial charge on any atom is 0.416 e. The molecule has 8 heteroatoms. The summed E-state index contributed by atoms with van der Waals surface area (Å²) < 4.78 is 39.3. The Labute approximate surface area is 137 Å². The molecular weight excluding hydrogens is 321 g/mol. The molecule has 0 spiro atoms. The first-order chi connectivity index (χ1) is 11.2. The topological polar surface area (TPSA) is 59.8 Å². The minimum Gasteiger partial charge on any atom is -0.343 e. The van der Waals surface area contributed by atoms with E-state index in [1.54, 1.807) is 25.5 Å². The molecule has 0 radical (unpaired) electrons. The number of nitrogens with zero attached hydrogens (tertiary/aromatic N) is 3. The Morgan fingerprint density at radius 3 is 2.42 bits per heavy atom. The van der Waals surface area contributed by atoms with Gasteiger partial charge < -0.3 is 9.88 Å². The van der Waals surface area contributed by atoms with Crippen LogP contribution in [0.15, 0.2) is 36.7 Å². The second kappa shape index (κ2) is 6.86. The maximum absolute atomic E-state index is 12.5. The van der Waals surface area contributed by atoms with Crippen molar-refractivity contribution in [1.82, 2.24) is 20.1 Å². The Hall–Kier alpha value is -2.64. The molecule has 0 fully saturated rings. The van der Waals surface area contributed by atoms with Crippen LogP contribution in [0.4, 0.5) is 13.2 Å². The van der Waals surface area contributed by atoms with E-state index in [0.29, 0.717) is 17.0 Å². The maximum atomic E-state index is 12.5. The van der Waals surface area contributed by atoms with Crippen LogP contribution < -0.4 is 5.32 Å². The summed E-state index contributed by atoms with van der Waals surface area (Å²) in [6, 6.07) is 4.32. The molecule has 0 aliphatic rings. The van der Waals surface area contributed by atoms with Gasteiger partial charge in [-0.1, -0.05) is 12.1 Å². The van der Waals surface area contributed by atoms with Crippen LogP contribution in [0, 0.1) is 0 Å². The number of aryl methyl sites for hydroxylation is 1. The highest BCUT2D eigenvalue weighted by Crippen LogP contribution is 2.30. The van der Waals surface area contributed by atoms with Crippen LogP contribution >= 0.6 is 0 Å². The number of halogens is 3. The van der Waals surface area contributed by atoms with Crippen LogP contribution in [0.1, 0.15) is 36.8 Å². The van der Waals surface area contributed by atoms with Crippen LogP contribution in [0.3, 0.4) is 0 Å². The minimum atomic E-state index is -4.38. The van der Waals surface area contributed by atoms with Crippen LogP contribution in [0.5, 0.6) is 0 Å². The normalized spacial score (nSPS) is 13.7. The molecule has 1 amide bonds. The third-order valence-electron chi connectivity index (χ3n) is 3.51. The fraction of sp³-hybridized carbons (Fsp3) is 0.312. The van der Waals surface area contributed by atoms with E-state index in [1.807, 2.05) is 0 Å². The van der Waals surface area contributed by atoms with Crippen molar-refractivity contribution in [1.29, 1.82) is 0 Å². The lowest BCUT2D eigenvalue weighted by molar-refractivity contribution is -0.137. The summed E-state index contributed by atoms with van der Waals surface area (Å²) in [5.41, 5.74) is 0.384. The standard InChI is InChI=1S/C16H17F3N4O/c1-10(12-4-6-13(7-5-12)16(17,18)19)8-14(24)21-11(2)15-22-20-9-23(15)3/h4-9,11H,1-3H3,(H,21,24)/b10-8-/t11-/m0/s1. The van der Waals surface area contributed by atoms with Gasteiger partial charge in [-0.15, -0.1) is 10.2 Å². The first-order valence-electron chi connectivity index (χ1n) is 7.19. The molecule has 5 nitrogen and oxygen atoms in total. The second-order valence-electron chi connectivity index (χ2n) is 5.43. The van der Waals surface area contributed by atoms with E-state index < -0.39 is 11.7 Å². The summed E-state index contributed by atoms with van der Waals surface area (Å²) in [6.07, 6.45) is -1.50. The quantitative estimate of drug-likeness (QED) is 0.872. The zero-order chi connectivity index (χ0) is 17.9. The zero-order valence-electron chi connectivity index (χ0n) is 13.4. The summed E-state index contributed by atoms with van der Waals surface area (Å²) in [5, 5.41) is 10.4. The van der Waals surface area contributed by atoms with Crippen molar-refractivity contribution in [3.63, 3.8) is 0 Å². The summed E-state index contributed by atoms with van der Waals surface area (Å²) in [6.45, 7) is 3.43. The van der Waals surface area contributed by atoms with Crippen molar-refractivity contribution in [3.05, 3.63) is 53.6 Å². The van der Waals surface area contributed by atoms with Crippen LogP contribution in [0.25, 0.3) is 5.57 Å². The largest absolute Gasteiger partial charge is 0.416 e. The average molecular weight is 338 g/mol. The molecule has 0 bridgehead atoms. The molecule has 128 valence electrons. The molecule has 0 saturated carbocycles. The number of hydrogen-bond donors (Lipinski definition) is 1. The number of benzene rings is 1. The van der Waals surface area contributed by atoms with Crippen molar-refractivity contribution in [3.8, 4) is 0 Å². The fourth-order valence-electron chi connectivity index (χ4n) is 2.21. The number of allylic oxidation sites excluding steroid dienone is 1. The summed E-state index contributed by atoms with van der Waals surface area (Å²) in [7, 11) is 1.77. The third-order valence-corrected chi connectivity index (χ3v) is 3.51. The molecule has 0 aliphatic carbocycles. The molecule has 1 N–H and O–H groups in total. The Morgan fingerprint density at radius 2 is 1.92 bits per heavy atom. The Balaban J connectivity index is 2.07. The SMILES string of the molecule is C/C(=C/C(=O)N[C@@H](C)c1nncn1C)c1ccc(C(F)(F)F)cc1. The van der Waals surface area contributed by atoms with E-state index in [2.05, 4.69) is 15.5 Å². The van der Waals surface area contributed by atoms with Crippen LogP contribution in [-0.2, 0) is 18.0 Å². The number of nitrogens with one attached hydrogen (secondary N) is 1. The van der Waals surface area contributed by atoms with Gasteiger partial charge in [0.05, 0.1) is 11.6 Å². The van der Waals surface area contributed by atoms with E-state index in [4.69, 9.17) is 0 Å². The smallest absolute Gasteiger partial charge is 0.343 e. The molecule has 1 atom stereocenters. The number of amides is 1. The van der Waals surface area contributed by atoms with Gasteiger partial charge in [-0.2, -0.15) is 13.2 Å². The highest BCUT2D eigenvalue weighted by Gasteiger charge is 2.29. The molecule has 0 unspecified atom stereocenters. The molecule has 2 aromatic rings. The van der Waals surface area contributed by atoms with E-state index in [1.165, 1.54) is 24.5 Å². The highest BCUT2D eigenvalue weighted by molar-refractivity contribution is 5.95. The first kappa shape index (κ1) is 17.7. The summed E-state index contributed by atoms with van der Waals surface area (Å²) in [5.74, 6) is 0.242. The molecule has 0 aliphatic heterocycles. The van der Waals surface area contributed by atoms with Gasteiger partial charge in [0.15, 0.2) is 5.82 Å². The van der Waals surface area contributed by atoms with Crippen molar-refractivity contribution in [2.75, 3.05) is 0 Å². The molecule has 2 rings (SSSR count). The number of alkyl halides is 3. The van der Waals surface area contributed by atoms with Gasteiger partial charge in [-0.05, 0) is 37.1 Å². The van der Waals surface area contributed by atoms with Gasteiger partial charge in [-0.25, -0.2) is 0 Å². The predicted molar refractivity (Wildman–Crippen MR) is 82.7 cm³/mol. The van der Waals surface area contributed by atoms with Gasteiger partial charge in [0.25, 0.3) is 0 Å². The lowest BCUT2D eigenvalue weighted by Gasteiger charge is -2.12. The molecule has 1 aromatic carbocycles. The minimum absolute atomic E-state index is 0.346. The van der Waals surface area contributed by atoms with Crippen molar-refractivity contribution < 1.29 is 18.0 Å². The Kier molecular flexibility index (Phi) is 5.06. The van der Waals surface area contributed by atoms with Gasteiger partial charge in [-0.3, -0.25) is 4.79 Å². The predicted octanol–water partition coefficient (Wildman–Crippen LogP) is 3.11. The molecular formula is C16H17F3N4O. The number of carbonyl (C=O) groups excluding carboxylic acids is 1. The van der Waals surface area contributed by atoms with E-state index in [-0.39, 0.29) is 11.9 Å². The van der Waals surface area contributed by atoms with Gasteiger partial charge in [0.1, 0.15) is 6.33 Å². The second-order valence-corrected chi connectivity index (χ2v) is 5.43.